The maximum absolute atomic E-state index is 12.9. The second-order valence-corrected chi connectivity index (χ2v) is 7.65. The summed E-state index contributed by atoms with van der Waals surface area (Å²) in [4.78, 5) is 39.1. The number of carbonyl (C=O) groups excluding carboxylic acids is 3. The molecule has 2 N–H and O–H groups in total. The van der Waals surface area contributed by atoms with Gasteiger partial charge in [0.2, 0.25) is 5.91 Å². The van der Waals surface area contributed by atoms with Crippen LogP contribution in [0.15, 0.2) is 54.6 Å². The van der Waals surface area contributed by atoms with Crippen LogP contribution in [0.25, 0.3) is 0 Å². The minimum atomic E-state index is -0.195. The van der Waals surface area contributed by atoms with Gasteiger partial charge in [0, 0.05) is 35.9 Å². The van der Waals surface area contributed by atoms with Crippen molar-refractivity contribution in [2.75, 3.05) is 18.4 Å². The molecule has 2 aromatic rings. The molecular formula is C23H27N3O3. The third kappa shape index (κ3) is 5.44. The molecule has 152 valence electrons. The molecule has 0 saturated carbocycles. The van der Waals surface area contributed by atoms with Crippen LogP contribution < -0.4 is 10.6 Å². The lowest BCUT2D eigenvalue weighted by atomic mass is 9.96. The molecule has 1 aliphatic rings. The number of nitrogens with one attached hydrogen (secondary N) is 2. The average molecular weight is 393 g/mol. The molecule has 3 amide bonds. The van der Waals surface area contributed by atoms with Gasteiger partial charge in [-0.15, -0.1) is 0 Å². The van der Waals surface area contributed by atoms with Crippen LogP contribution in [0.4, 0.5) is 5.69 Å². The second kappa shape index (κ2) is 9.37. The summed E-state index contributed by atoms with van der Waals surface area (Å²) < 4.78 is 0. The van der Waals surface area contributed by atoms with Crippen molar-refractivity contribution >= 4 is 23.4 Å². The van der Waals surface area contributed by atoms with Crippen molar-refractivity contribution in [3.05, 3.63) is 65.7 Å². The molecule has 1 aliphatic heterocycles. The van der Waals surface area contributed by atoms with Gasteiger partial charge in [0.15, 0.2) is 0 Å². The van der Waals surface area contributed by atoms with Gasteiger partial charge < -0.3 is 15.5 Å². The van der Waals surface area contributed by atoms with E-state index in [1.165, 1.54) is 0 Å². The van der Waals surface area contributed by atoms with Gasteiger partial charge in [-0.1, -0.05) is 18.2 Å². The third-order valence-electron chi connectivity index (χ3n) is 4.94. The van der Waals surface area contributed by atoms with Gasteiger partial charge in [-0.3, -0.25) is 14.4 Å². The standard InChI is InChI=1S/C23H27N3O3/c1-16(2)24-22(28)19-9-6-14-26(15-19)23(29)18-10-12-20(13-11-18)25-21(27)17-7-4-3-5-8-17/h3-5,7-8,10-13,16,19H,6,9,14-15H2,1-2H3,(H,24,28)(H,25,27)/t19-/m1/s1. The van der Waals surface area contributed by atoms with Gasteiger partial charge in [-0.2, -0.15) is 0 Å². The minimum absolute atomic E-state index is 0.0106. The van der Waals surface area contributed by atoms with Gasteiger partial charge in [0.1, 0.15) is 0 Å². The molecule has 0 aromatic heterocycles. The van der Waals surface area contributed by atoms with E-state index in [1.54, 1.807) is 41.3 Å². The number of likely N-dealkylation sites (tertiary alicyclic amines) is 1. The summed E-state index contributed by atoms with van der Waals surface area (Å²) in [6.07, 6.45) is 1.61. The van der Waals surface area contributed by atoms with E-state index in [1.807, 2.05) is 32.0 Å². The first-order valence-corrected chi connectivity index (χ1v) is 10.00. The Morgan fingerprint density at radius 3 is 2.31 bits per heavy atom. The summed E-state index contributed by atoms with van der Waals surface area (Å²) in [5.74, 6) is -0.441. The summed E-state index contributed by atoms with van der Waals surface area (Å²) in [6, 6.07) is 15.9. The molecule has 6 nitrogen and oxygen atoms in total. The number of rotatable bonds is 5. The smallest absolute Gasteiger partial charge is 0.255 e. The number of benzene rings is 2. The molecule has 0 unspecified atom stereocenters. The van der Waals surface area contributed by atoms with Gasteiger partial charge >= 0.3 is 0 Å². The van der Waals surface area contributed by atoms with Crippen molar-refractivity contribution in [1.29, 1.82) is 0 Å². The molecule has 29 heavy (non-hydrogen) atoms. The second-order valence-electron chi connectivity index (χ2n) is 7.65. The average Bonchev–Trinajstić information content (AvgIpc) is 2.74. The topological polar surface area (TPSA) is 78.5 Å². The fourth-order valence-corrected chi connectivity index (χ4v) is 3.45. The number of amides is 3. The number of carbonyl (C=O) groups is 3. The van der Waals surface area contributed by atoms with Gasteiger partial charge in [0.25, 0.3) is 11.8 Å². The maximum Gasteiger partial charge on any atom is 0.255 e. The lowest BCUT2D eigenvalue weighted by Crippen LogP contribution is -2.46. The van der Waals surface area contributed by atoms with E-state index in [0.29, 0.717) is 29.9 Å². The van der Waals surface area contributed by atoms with Gasteiger partial charge in [0.05, 0.1) is 5.92 Å². The van der Waals surface area contributed by atoms with Crippen LogP contribution in [-0.2, 0) is 4.79 Å². The van der Waals surface area contributed by atoms with Crippen LogP contribution in [-0.4, -0.2) is 41.8 Å². The van der Waals surface area contributed by atoms with E-state index >= 15 is 0 Å². The summed E-state index contributed by atoms with van der Waals surface area (Å²) in [5, 5.41) is 5.76. The Morgan fingerprint density at radius 1 is 0.966 bits per heavy atom. The Labute approximate surface area is 171 Å². The maximum atomic E-state index is 12.9. The van der Waals surface area contributed by atoms with Crippen LogP contribution >= 0.6 is 0 Å². The first-order chi connectivity index (χ1) is 13.9. The lowest BCUT2D eigenvalue weighted by Gasteiger charge is -2.32. The highest BCUT2D eigenvalue weighted by Crippen LogP contribution is 2.20. The molecule has 2 aromatic carbocycles. The van der Waals surface area contributed by atoms with E-state index in [4.69, 9.17) is 0 Å². The van der Waals surface area contributed by atoms with Crippen LogP contribution in [0.2, 0.25) is 0 Å². The highest BCUT2D eigenvalue weighted by Gasteiger charge is 2.29. The monoisotopic (exact) mass is 393 g/mol. The molecule has 6 heteroatoms. The first-order valence-electron chi connectivity index (χ1n) is 10.00. The highest BCUT2D eigenvalue weighted by atomic mass is 16.2. The molecule has 1 atom stereocenters. The van der Waals surface area contributed by atoms with E-state index < -0.39 is 0 Å². The van der Waals surface area contributed by atoms with Crippen molar-refractivity contribution in [3.63, 3.8) is 0 Å². The van der Waals surface area contributed by atoms with Crippen LogP contribution in [0.3, 0.4) is 0 Å². The predicted octanol–water partition coefficient (Wildman–Crippen LogP) is 3.32. The zero-order chi connectivity index (χ0) is 20.8. The summed E-state index contributed by atoms with van der Waals surface area (Å²) in [7, 11) is 0. The number of hydrogen-bond donors (Lipinski definition) is 2. The largest absolute Gasteiger partial charge is 0.354 e. The van der Waals surface area contributed by atoms with Crippen LogP contribution in [0, 0.1) is 5.92 Å². The fourth-order valence-electron chi connectivity index (χ4n) is 3.45. The molecule has 0 radical (unpaired) electrons. The molecule has 0 bridgehead atoms. The number of hydrogen-bond acceptors (Lipinski definition) is 3. The van der Waals surface area contributed by atoms with Crippen LogP contribution in [0.1, 0.15) is 47.4 Å². The van der Waals surface area contributed by atoms with E-state index in [9.17, 15) is 14.4 Å². The molecule has 1 saturated heterocycles. The van der Waals surface area contributed by atoms with Gasteiger partial charge in [-0.25, -0.2) is 0 Å². The summed E-state index contributed by atoms with van der Waals surface area (Å²) in [6.45, 7) is 4.95. The molecule has 0 spiro atoms. The fraction of sp³-hybridized carbons (Fsp3) is 0.348. The third-order valence-corrected chi connectivity index (χ3v) is 4.94. The van der Waals surface area contributed by atoms with E-state index in [0.717, 1.165) is 12.8 Å². The Hall–Kier alpha value is -3.15. The minimum Gasteiger partial charge on any atom is -0.354 e. The Kier molecular flexibility index (Phi) is 6.65. The summed E-state index contributed by atoms with van der Waals surface area (Å²) >= 11 is 0. The van der Waals surface area contributed by atoms with E-state index in [-0.39, 0.29) is 29.7 Å². The number of anilines is 1. The normalized spacial score (nSPS) is 16.4. The number of piperidine rings is 1. The zero-order valence-electron chi connectivity index (χ0n) is 16.9. The van der Waals surface area contributed by atoms with Crippen molar-refractivity contribution in [2.24, 2.45) is 5.92 Å². The number of nitrogens with zero attached hydrogens (tertiary/aromatic N) is 1. The van der Waals surface area contributed by atoms with E-state index in [2.05, 4.69) is 10.6 Å². The molecule has 1 fully saturated rings. The first kappa shape index (κ1) is 20.6. The van der Waals surface area contributed by atoms with Crippen molar-refractivity contribution in [3.8, 4) is 0 Å². The molecule has 3 rings (SSSR count). The van der Waals surface area contributed by atoms with Crippen molar-refractivity contribution in [2.45, 2.75) is 32.7 Å². The SMILES string of the molecule is CC(C)NC(=O)[C@@H]1CCCN(C(=O)c2ccc(NC(=O)c3ccccc3)cc2)C1. The van der Waals surface area contributed by atoms with Crippen molar-refractivity contribution < 1.29 is 14.4 Å². The molecule has 1 heterocycles. The zero-order valence-corrected chi connectivity index (χ0v) is 16.9. The Balaban J connectivity index is 1.61. The predicted molar refractivity (Wildman–Crippen MR) is 113 cm³/mol. The van der Waals surface area contributed by atoms with Gasteiger partial charge in [-0.05, 0) is 63.1 Å². The summed E-state index contributed by atoms with van der Waals surface area (Å²) in [5.41, 5.74) is 1.75. The lowest BCUT2D eigenvalue weighted by molar-refractivity contribution is -0.126. The Bertz CT molecular complexity index is 863. The Morgan fingerprint density at radius 2 is 1.66 bits per heavy atom. The molecular weight excluding hydrogens is 366 g/mol. The van der Waals surface area contributed by atoms with Crippen LogP contribution in [0.5, 0.6) is 0 Å². The highest BCUT2D eigenvalue weighted by molar-refractivity contribution is 6.04. The molecule has 0 aliphatic carbocycles. The van der Waals surface area contributed by atoms with Crippen molar-refractivity contribution in [1.82, 2.24) is 10.2 Å². The quantitative estimate of drug-likeness (QED) is 0.818.